The lowest BCUT2D eigenvalue weighted by Crippen LogP contribution is -2.45. The first kappa shape index (κ1) is 57.3. The third-order valence-corrected chi connectivity index (χ3v) is 12.0. The Hall–Kier alpha value is -1.66. The van der Waals surface area contributed by atoms with Crippen LogP contribution in [0.4, 0.5) is 0 Å². The summed E-state index contributed by atoms with van der Waals surface area (Å²) in [7, 11) is 0. The fraction of sp³-hybridized carbons (Fsp3) is 0.887. The molecule has 6 heteroatoms. The van der Waals surface area contributed by atoms with Gasteiger partial charge in [-0.15, -0.1) is 0 Å². The number of hydrogen-bond donors (Lipinski definition) is 3. The zero-order valence-electron chi connectivity index (χ0n) is 39.5. The van der Waals surface area contributed by atoms with Crippen molar-refractivity contribution in [1.82, 2.24) is 5.32 Å². The predicted molar refractivity (Wildman–Crippen MR) is 255 cm³/mol. The smallest absolute Gasteiger partial charge is 0.305 e. The van der Waals surface area contributed by atoms with Crippen LogP contribution in [0.5, 0.6) is 0 Å². The third kappa shape index (κ3) is 45.7. The van der Waals surface area contributed by atoms with Gasteiger partial charge >= 0.3 is 5.97 Å². The van der Waals surface area contributed by atoms with Crippen molar-refractivity contribution in [2.75, 3.05) is 13.2 Å². The van der Waals surface area contributed by atoms with Crippen LogP contribution in [0.15, 0.2) is 24.3 Å². The molecule has 0 saturated heterocycles. The monoisotopic (exact) mass is 832 g/mol. The van der Waals surface area contributed by atoms with Crippen LogP contribution >= 0.6 is 0 Å². The molecule has 1 amide bonds. The molecule has 0 saturated carbocycles. The van der Waals surface area contributed by atoms with Crippen molar-refractivity contribution in [1.29, 1.82) is 0 Å². The molecular formula is C53H101NO5. The van der Waals surface area contributed by atoms with E-state index in [-0.39, 0.29) is 18.5 Å². The summed E-state index contributed by atoms with van der Waals surface area (Å²) in [6.07, 6.45) is 57.1. The standard InChI is InChI=1S/C53H101NO5/c1-3-5-7-9-11-13-15-17-19-20-21-22-23-25-29-33-37-41-45-51(56)50(49-55)54-52(57)46-42-38-34-30-27-28-32-36-40-44-48-59-53(58)47-43-39-35-31-26-24-18-16-14-12-10-8-6-4-2/h10,12,16,18,50-51,55-56H,3-9,11,13-15,17,19-49H2,1-2H3,(H,54,57)/b12-10-,18-16-. The SMILES string of the molecule is CCCC/C=C\C/C=C\CCCCCCCC(=O)OCCCCCCCCCCCCC(=O)NC(CO)C(O)CCCCCCCCCCCCCCCCCCCC. The van der Waals surface area contributed by atoms with E-state index in [0.717, 1.165) is 70.6 Å². The minimum Gasteiger partial charge on any atom is -0.466 e. The number of esters is 1. The molecule has 0 rings (SSSR count). The van der Waals surface area contributed by atoms with Crippen molar-refractivity contribution < 1.29 is 24.5 Å². The molecule has 59 heavy (non-hydrogen) atoms. The van der Waals surface area contributed by atoms with Gasteiger partial charge in [0, 0.05) is 12.8 Å². The second kappa shape index (κ2) is 49.0. The van der Waals surface area contributed by atoms with Crippen molar-refractivity contribution in [2.45, 2.75) is 289 Å². The van der Waals surface area contributed by atoms with E-state index in [2.05, 4.69) is 43.5 Å². The van der Waals surface area contributed by atoms with Gasteiger partial charge in [0.1, 0.15) is 0 Å². The first-order valence-electron chi connectivity index (χ1n) is 26.1. The first-order valence-corrected chi connectivity index (χ1v) is 26.1. The number of aliphatic hydroxyl groups excluding tert-OH is 2. The summed E-state index contributed by atoms with van der Waals surface area (Å²) in [5.74, 6) is -0.0906. The minimum absolute atomic E-state index is 0.0331. The summed E-state index contributed by atoms with van der Waals surface area (Å²) in [5, 5.41) is 23.3. The Morgan fingerprint density at radius 2 is 0.864 bits per heavy atom. The van der Waals surface area contributed by atoms with Gasteiger partial charge in [-0.2, -0.15) is 0 Å². The van der Waals surface area contributed by atoms with Gasteiger partial charge in [-0.1, -0.05) is 237 Å². The molecule has 0 aromatic carbocycles. The van der Waals surface area contributed by atoms with Gasteiger partial charge in [0.05, 0.1) is 25.4 Å². The van der Waals surface area contributed by atoms with Gasteiger partial charge in [-0.3, -0.25) is 9.59 Å². The van der Waals surface area contributed by atoms with Crippen molar-refractivity contribution in [3.05, 3.63) is 24.3 Å². The fourth-order valence-electron chi connectivity index (χ4n) is 7.95. The van der Waals surface area contributed by atoms with Gasteiger partial charge in [-0.25, -0.2) is 0 Å². The van der Waals surface area contributed by atoms with Crippen molar-refractivity contribution in [2.24, 2.45) is 0 Å². The Labute approximate surface area is 367 Å². The molecule has 0 spiro atoms. The molecule has 0 aliphatic rings. The normalized spacial score (nSPS) is 12.8. The van der Waals surface area contributed by atoms with Crippen LogP contribution in [0, 0.1) is 0 Å². The lowest BCUT2D eigenvalue weighted by atomic mass is 10.0. The maximum Gasteiger partial charge on any atom is 0.305 e. The number of allylic oxidation sites excluding steroid dienone is 4. The fourth-order valence-corrected chi connectivity index (χ4v) is 7.95. The Morgan fingerprint density at radius 1 is 0.475 bits per heavy atom. The third-order valence-electron chi connectivity index (χ3n) is 12.0. The number of amides is 1. The van der Waals surface area contributed by atoms with Gasteiger partial charge in [-0.05, 0) is 51.4 Å². The molecule has 2 unspecified atom stereocenters. The average molecular weight is 832 g/mol. The lowest BCUT2D eigenvalue weighted by Gasteiger charge is -2.22. The van der Waals surface area contributed by atoms with Crippen LogP contribution in [0.25, 0.3) is 0 Å². The zero-order chi connectivity index (χ0) is 43.0. The molecule has 3 N–H and O–H groups in total. The van der Waals surface area contributed by atoms with E-state index in [1.54, 1.807) is 0 Å². The molecule has 2 atom stereocenters. The van der Waals surface area contributed by atoms with Gasteiger partial charge < -0.3 is 20.3 Å². The van der Waals surface area contributed by atoms with Crippen LogP contribution in [-0.2, 0) is 14.3 Å². The number of nitrogens with one attached hydrogen (secondary N) is 1. The second-order valence-electron chi connectivity index (χ2n) is 17.9. The van der Waals surface area contributed by atoms with Crippen molar-refractivity contribution in [3.63, 3.8) is 0 Å². The molecule has 348 valence electrons. The van der Waals surface area contributed by atoms with Crippen LogP contribution in [0.1, 0.15) is 277 Å². The van der Waals surface area contributed by atoms with Crippen LogP contribution < -0.4 is 5.32 Å². The number of hydrogen-bond acceptors (Lipinski definition) is 5. The molecule has 0 heterocycles. The summed E-state index contributed by atoms with van der Waals surface area (Å²) in [4.78, 5) is 24.5. The van der Waals surface area contributed by atoms with Crippen LogP contribution in [-0.4, -0.2) is 47.4 Å². The van der Waals surface area contributed by atoms with E-state index in [9.17, 15) is 19.8 Å². The molecule has 0 aliphatic carbocycles. The van der Waals surface area contributed by atoms with Gasteiger partial charge in [0.15, 0.2) is 0 Å². The lowest BCUT2D eigenvalue weighted by molar-refractivity contribution is -0.143. The highest BCUT2D eigenvalue weighted by Gasteiger charge is 2.20. The molecule has 6 nitrogen and oxygen atoms in total. The number of aliphatic hydroxyl groups is 2. The second-order valence-corrected chi connectivity index (χ2v) is 17.9. The highest BCUT2D eigenvalue weighted by Crippen LogP contribution is 2.17. The van der Waals surface area contributed by atoms with E-state index < -0.39 is 12.1 Å². The Bertz CT molecular complexity index is 920. The topological polar surface area (TPSA) is 95.9 Å². The van der Waals surface area contributed by atoms with Gasteiger partial charge in [0.25, 0.3) is 0 Å². The predicted octanol–water partition coefficient (Wildman–Crippen LogP) is 15.5. The van der Waals surface area contributed by atoms with E-state index >= 15 is 0 Å². The largest absolute Gasteiger partial charge is 0.466 e. The molecule has 0 aromatic rings. The van der Waals surface area contributed by atoms with Crippen LogP contribution in [0.3, 0.4) is 0 Å². The summed E-state index contributed by atoms with van der Waals surface area (Å²) in [6.45, 7) is 4.86. The van der Waals surface area contributed by atoms with Crippen molar-refractivity contribution in [3.8, 4) is 0 Å². The molecule has 0 bridgehead atoms. The highest BCUT2D eigenvalue weighted by atomic mass is 16.5. The number of carbonyl (C=O) groups excluding carboxylic acids is 2. The quantitative estimate of drug-likeness (QED) is 0.0322. The van der Waals surface area contributed by atoms with E-state index in [1.807, 2.05) is 0 Å². The number of ether oxygens (including phenoxy) is 1. The zero-order valence-corrected chi connectivity index (χ0v) is 39.5. The molecular weight excluding hydrogens is 731 g/mol. The Balaban J connectivity index is 3.49. The highest BCUT2D eigenvalue weighted by molar-refractivity contribution is 5.76. The van der Waals surface area contributed by atoms with E-state index in [0.29, 0.717) is 25.9 Å². The minimum atomic E-state index is -0.680. The van der Waals surface area contributed by atoms with E-state index in [4.69, 9.17) is 4.74 Å². The number of carbonyl (C=O) groups is 2. The maximum atomic E-state index is 12.5. The van der Waals surface area contributed by atoms with E-state index in [1.165, 1.54) is 173 Å². The first-order chi connectivity index (χ1) is 29.0. The van der Waals surface area contributed by atoms with Crippen molar-refractivity contribution >= 4 is 11.9 Å². The van der Waals surface area contributed by atoms with Gasteiger partial charge in [0.2, 0.25) is 5.91 Å². The summed E-state index contributed by atoms with van der Waals surface area (Å²) < 4.78 is 5.44. The molecule has 0 aromatic heterocycles. The number of unbranched alkanes of at least 4 members (excludes halogenated alkanes) is 33. The Kier molecular flexibility index (Phi) is 47.6. The molecule has 0 aliphatic heterocycles. The average Bonchev–Trinajstić information content (AvgIpc) is 3.24. The number of rotatable bonds is 48. The summed E-state index contributed by atoms with van der Waals surface area (Å²) in [6, 6.07) is -0.559. The Morgan fingerprint density at radius 3 is 1.34 bits per heavy atom. The molecule has 0 radical (unpaired) electrons. The summed E-state index contributed by atoms with van der Waals surface area (Å²) >= 11 is 0. The maximum absolute atomic E-state index is 12.5. The van der Waals surface area contributed by atoms with Crippen LogP contribution in [0.2, 0.25) is 0 Å². The molecule has 0 fully saturated rings. The summed E-state index contributed by atoms with van der Waals surface area (Å²) in [5.41, 5.74) is 0.